The third-order valence-corrected chi connectivity index (χ3v) is 5.48. The number of aromatic hydroxyl groups is 1. The zero-order valence-electron chi connectivity index (χ0n) is 16.1. The number of unbranched alkanes of at least 4 members (excludes halogenated alkanes) is 1. The molecule has 0 amide bonds. The van der Waals surface area contributed by atoms with Gasteiger partial charge in [0, 0.05) is 23.1 Å². The minimum atomic E-state index is -0.954. The number of thioether (sulfide) groups is 1. The Hall–Kier alpha value is -3.40. The molecule has 1 aliphatic rings. The maximum absolute atomic E-state index is 11.6. The Labute approximate surface area is 176 Å². The van der Waals surface area contributed by atoms with Gasteiger partial charge in [-0.05, 0) is 24.6 Å². The first-order valence-corrected chi connectivity index (χ1v) is 10.4. The van der Waals surface area contributed by atoms with E-state index in [1.165, 1.54) is 30.0 Å². The molecule has 1 aliphatic heterocycles. The van der Waals surface area contributed by atoms with Gasteiger partial charge in [0.2, 0.25) is 17.3 Å². The van der Waals surface area contributed by atoms with Gasteiger partial charge in [0.05, 0.1) is 10.5 Å². The van der Waals surface area contributed by atoms with Crippen molar-refractivity contribution in [1.82, 2.24) is 15.2 Å². The molecule has 0 saturated heterocycles. The fourth-order valence-electron chi connectivity index (χ4n) is 3.08. The number of aromatic nitrogens is 3. The van der Waals surface area contributed by atoms with Gasteiger partial charge in [-0.3, -0.25) is 10.1 Å². The largest absolute Gasteiger partial charge is 0.508 e. The molecule has 10 heteroatoms. The second-order valence-electron chi connectivity index (χ2n) is 6.64. The number of rotatable bonds is 6. The van der Waals surface area contributed by atoms with Crippen LogP contribution in [0.25, 0.3) is 11.3 Å². The van der Waals surface area contributed by atoms with Crippen LogP contribution in [-0.2, 0) is 0 Å². The first kappa shape index (κ1) is 19.9. The molecule has 0 bridgehead atoms. The Morgan fingerprint density at radius 3 is 2.90 bits per heavy atom. The van der Waals surface area contributed by atoms with Gasteiger partial charge in [-0.2, -0.15) is 4.98 Å². The average molecular weight is 425 g/mol. The third-order valence-electron chi connectivity index (χ3n) is 4.55. The molecular weight excluding hydrogens is 406 g/mol. The topological polar surface area (TPSA) is 123 Å². The Bertz CT molecular complexity index is 1090. The third kappa shape index (κ3) is 3.99. The van der Waals surface area contributed by atoms with Crippen LogP contribution in [0.4, 0.5) is 11.4 Å². The maximum atomic E-state index is 11.6. The van der Waals surface area contributed by atoms with Crippen LogP contribution < -0.4 is 10.1 Å². The maximum Gasteiger partial charge on any atom is 0.278 e. The zero-order valence-corrected chi connectivity index (χ0v) is 16.9. The molecule has 1 atom stereocenters. The van der Waals surface area contributed by atoms with Crippen LogP contribution in [0.1, 0.15) is 31.6 Å². The summed E-state index contributed by atoms with van der Waals surface area (Å²) in [5.41, 5.74) is 1.85. The predicted octanol–water partition coefficient (Wildman–Crippen LogP) is 4.55. The lowest BCUT2D eigenvalue weighted by Crippen LogP contribution is -2.18. The van der Waals surface area contributed by atoms with E-state index in [1.54, 1.807) is 0 Å². The van der Waals surface area contributed by atoms with E-state index in [4.69, 9.17) is 4.74 Å². The summed E-state index contributed by atoms with van der Waals surface area (Å²) in [6.45, 7) is 2.11. The van der Waals surface area contributed by atoms with Crippen molar-refractivity contribution in [2.24, 2.45) is 0 Å². The number of nitro groups is 1. The lowest BCUT2D eigenvalue weighted by Gasteiger charge is -2.19. The molecule has 0 saturated carbocycles. The van der Waals surface area contributed by atoms with E-state index in [1.807, 2.05) is 24.3 Å². The standard InChI is InChI=1S/C20H19N5O4S/c1-2-3-10-30-20-22-19-17(23-24-20)13-6-4-5-7-15(13)21-18(29-19)14-11-12(26)8-9-16(14)25(27)28/h4-9,11,18,21,26H,2-3,10H2,1H3/t18-/m1/s1. The first-order valence-electron chi connectivity index (χ1n) is 9.44. The average Bonchev–Trinajstić information content (AvgIpc) is 2.90. The molecule has 30 heavy (non-hydrogen) atoms. The van der Waals surface area contributed by atoms with Crippen molar-refractivity contribution in [2.75, 3.05) is 11.1 Å². The number of phenols is 1. The number of ether oxygens (including phenoxy) is 1. The number of nitrogens with one attached hydrogen (secondary N) is 1. The van der Waals surface area contributed by atoms with Gasteiger partial charge in [-0.1, -0.05) is 43.3 Å². The van der Waals surface area contributed by atoms with E-state index in [2.05, 4.69) is 27.4 Å². The smallest absolute Gasteiger partial charge is 0.278 e. The van der Waals surface area contributed by atoms with Crippen molar-refractivity contribution in [2.45, 2.75) is 31.1 Å². The first-order chi connectivity index (χ1) is 14.6. The van der Waals surface area contributed by atoms with Crippen molar-refractivity contribution in [3.8, 4) is 22.9 Å². The van der Waals surface area contributed by atoms with E-state index in [-0.39, 0.29) is 22.9 Å². The lowest BCUT2D eigenvalue weighted by molar-refractivity contribution is -0.386. The van der Waals surface area contributed by atoms with Gasteiger partial charge in [0.25, 0.3) is 5.69 Å². The number of hydrogen-bond acceptors (Lipinski definition) is 9. The number of nitro benzene ring substituents is 1. The van der Waals surface area contributed by atoms with Crippen LogP contribution in [0.2, 0.25) is 0 Å². The molecule has 1 aromatic heterocycles. The summed E-state index contributed by atoms with van der Waals surface area (Å²) in [4.78, 5) is 15.6. The van der Waals surface area contributed by atoms with Crippen molar-refractivity contribution in [1.29, 1.82) is 0 Å². The number of anilines is 1. The van der Waals surface area contributed by atoms with E-state index in [0.29, 0.717) is 16.5 Å². The van der Waals surface area contributed by atoms with E-state index < -0.39 is 11.2 Å². The van der Waals surface area contributed by atoms with Crippen molar-refractivity contribution in [3.05, 3.63) is 58.1 Å². The Morgan fingerprint density at radius 2 is 2.10 bits per heavy atom. The quantitative estimate of drug-likeness (QED) is 0.253. The molecule has 0 radical (unpaired) electrons. The summed E-state index contributed by atoms with van der Waals surface area (Å²) < 4.78 is 6.06. The second-order valence-corrected chi connectivity index (χ2v) is 7.70. The molecule has 0 fully saturated rings. The summed E-state index contributed by atoms with van der Waals surface area (Å²) in [5.74, 6) is 0.979. The molecule has 0 spiro atoms. The number of benzene rings is 2. The summed E-state index contributed by atoms with van der Waals surface area (Å²) in [7, 11) is 0. The summed E-state index contributed by atoms with van der Waals surface area (Å²) in [6.07, 6.45) is 1.13. The van der Waals surface area contributed by atoms with Crippen LogP contribution in [0.15, 0.2) is 47.6 Å². The number of hydrogen-bond donors (Lipinski definition) is 2. The van der Waals surface area contributed by atoms with Crippen LogP contribution in [0, 0.1) is 10.1 Å². The van der Waals surface area contributed by atoms with E-state index >= 15 is 0 Å². The second kappa shape index (κ2) is 8.54. The molecule has 2 aromatic carbocycles. The Kier molecular flexibility index (Phi) is 5.66. The fourth-order valence-corrected chi connectivity index (χ4v) is 3.94. The van der Waals surface area contributed by atoms with Crippen molar-refractivity contribution < 1.29 is 14.8 Å². The van der Waals surface area contributed by atoms with Crippen LogP contribution in [0.3, 0.4) is 0 Å². The highest BCUT2D eigenvalue weighted by Crippen LogP contribution is 2.41. The number of phenolic OH excluding ortho intramolecular Hbond substituents is 1. The molecular formula is C20H19N5O4S. The number of para-hydroxylation sites is 1. The zero-order chi connectivity index (χ0) is 21.1. The van der Waals surface area contributed by atoms with Crippen LogP contribution in [-0.4, -0.2) is 31.0 Å². The van der Waals surface area contributed by atoms with Gasteiger partial charge in [0.15, 0.2) is 5.69 Å². The summed E-state index contributed by atoms with van der Waals surface area (Å²) in [6, 6.07) is 11.2. The predicted molar refractivity (Wildman–Crippen MR) is 113 cm³/mol. The minimum absolute atomic E-state index is 0.102. The van der Waals surface area contributed by atoms with Gasteiger partial charge in [0.1, 0.15) is 5.75 Å². The van der Waals surface area contributed by atoms with Gasteiger partial charge < -0.3 is 15.2 Å². The fraction of sp³-hybridized carbons (Fsp3) is 0.250. The molecule has 2 heterocycles. The molecule has 0 unspecified atom stereocenters. The van der Waals surface area contributed by atoms with E-state index in [0.717, 1.165) is 24.2 Å². The highest BCUT2D eigenvalue weighted by atomic mass is 32.2. The summed E-state index contributed by atoms with van der Waals surface area (Å²) in [5, 5.41) is 33.7. The number of nitrogens with zero attached hydrogens (tertiary/aromatic N) is 4. The molecule has 2 N–H and O–H groups in total. The SMILES string of the molecule is CCCCSc1nnc2c(n1)O[C@H](c1cc(O)ccc1[N+](=O)[O-])Nc1ccccc1-2. The van der Waals surface area contributed by atoms with Crippen LogP contribution in [0.5, 0.6) is 11.6 Å². The molecule has 154 valence electrons. The number of fused-ring (bicyclic) bond motifs is 3. The lowest BCUT2D eigenvalue weighted by atomic mass is 10.1. The van der Waals surface area contributed by atoms with Crippen molar-refractivity contribution >= 4 is 23.1 Å². The highest BCUT2D eigenvalue weighted by Gasteiger charge is 2.30. The molecule has 3 aromatic rings. The highest BCUT2D eigenvalue weighted by molar-refractivity contribution is 7.99. The Morgan fingerprint density at radius 1 is 1.27 bits per heavy atom. The Balaban J connectivity index is 1.80. The van der Waals surface area contributed by atoms with E-state index in [9.17, 15) is 15.2 Å². The monoisotopic (exact) mass is 425 g/mol. The van der Waals surface area contributed by atoms with Crippen molar-refractivity contribution in [3.63, 3.8) is 0 Å². The summed E-state index contributed by atoms with van der Waals surface area (Å²) >= 11 is 1.48. The normalized spacial score (nSPS) is 14.6. The molecule has 0 aliphatic carbocycles. The molecule has 4 rings (SSSR count). The van der Waals surface area contributed by atoms with Crippen LogP contribution >= 0.6 is 11.8 Å². The van der Waals surface area contributed by atoms with Gasteiger partial charge in [-0.25, -0.2) is 0 Å². The molecule has 9 nitrogen and oxygen atoms in total. The van der Waals surface area contributed by atoms with Gasteiger partial charge in [-0.15, -0.1) is 10.2 Å². The minimum Gasteiger partial charge on any atom is -0.508 e. The van der Waals surface area contributed by atoms with Gasteiger partial charge >= 0.3 is 0 Å².